The number of carbonyl (C=O) groups excluding carboxylic acids is 2. The lowest BCUT2D eigenvalue weighted by atomic mass is 10.1. The van der Waals surface area contributed by atoms with E-state index in [-0.39, 0.29) is 11.8 Å². The van der Waals surface area contributed by atoms with Gasteiger partial charge in [0.05, 0.1) is 11.4 Å². The molecular weight excluding hydrogens is 478 g/mol. The molecule has 5 nitrogen and oxygen atoms in total. The summed E-state index contributed by atoms with van der Waals surface area (Å²) in [4.78, 5) is 34.4. The lowest BCUT2D eigenvalue weighted by molar-refractivity contribution is 0.0986. The molecule has 6 heteroatoms. The van der Waals surface area contributed by atoms with Crippen LogP contribution in [0, 0.1) is 13.8 Å². The van der Waals surface area contributed by atoms with Crippen LogP contribution in [-0.4, -0.2) is 33.0 Å². The molecule has 186 valence electrons. The number of rotatable bonds is 4. The average Bonchev–Trinajstić information content (AvgIpc) is 2.90. The molecule has 4 aromatic rings. The van der Waals surface area contributed by atoms with Crippen molar-refractivity contribution in [2.45, 2.75) is 23.6 Å². The van der Waals surface area contributed by atoms with Crippen LogP contribution >= 0.6 is 11.8 Å². The maximum Gasteiger partial charge on any atom is 0.262 e. The molecule has 0 bridgehead atoms. The van der Waals surface area contributed by atoms with Crippen LogP contribution < -0.4 is 14.7 Å². The number of aryl methyl sites for hydroxylation is 2. The first-order chi connectivity index (χ1) is 17.7. The molecule has 37 heavy (non-hydrogen) atoms. The largest absolute Gasteiger partial charge is 0.378 e. The molecule has 0 radical (unpaired) electrons. The molecule has 0 fully saturated rings. The summed E-state index contributed by atoms with van der Waals surface area (Å²) >= 11 is 1.62. The Kier molecular flexibility index (Phi) is 6.52. The van der Waals surface area contributed by atoms with Crippen molar-refractivity contribution in [3.63, 3.8) is 0 Å². The number of nitrogens with zero attached hydrogens (tertiary/aromatic N) is 3. The summed E-state index contributed by atoms with van der Waals surface area (Å²) < 4.78 is 0. The standard InChI is InChI=1S/C31H29N3O2S/c1-20-6-10-22(11-7-20)30(35)33(5)25-15-17-27-29(19-25)37-28-18-24(32(3)4)14-16-26(28)34(27)31(36)23-12-8-21(2)9-13-23/h6-19H,1-5H3. The van der Waals surface area contributed by atoms with Gasteiger partial charge in [0, 0.05) is 53.4 Å². The van der Waals surface area contributed by atoms with Gasteiger partial charge in [-0.15, -0.1) is 0 Å². The molecule has 1 aliphatic rings. The lowest BCUT2D eigenvalue weighted by Gasteiger charge is -2.33. The molecule has 2 amide bonds. The molecule has 5 rings (SSSR count). The van der Waals surface area contributed by atoms with Crippen molar-refractivity contribution in [1.82, 2.24) is 0 Å². The molecule has 0 aliphatic carbocycles. The van der Waals surface area contributed by atoms with Gasteiger partial charge in [-0.2, -0.15) is 0 Å². The highest BCUT2D eigenvalue weighted by Gasteiger charge is 2.30. The number of carbonyl (C=O) groups is 2. The van der Waals surface area contributed by atoms with E-state index in [1.54, 1.807) is 28.6 Å². The second kappa shape index (κ2) is 9.79. The van der Waals surface area contributed by atoms with Gasteiger partial charge in [-0.3, -0.25) is 14.5 Å². The van der Waals surface area contributed by atoms with E-state index in [9.17, 15) is 9.59 Å². The molecule has 0 spiro atoms. The molecule has 0 aromatic heterocycles. The van der Waals surface area contributed by atoms with Gasteiger partial charge >= 0.3 is 0 Å². The minimum absolute atomic E-state index is 0.0800. The van der Waals surface area contributed by atoms with E-state index in [4.69, 9.17) is 0 Å². The van der Waals surface area contributed by atoms with Crippen molar-refractivity contribution in [2.75, 3.05) is 35.8 Å². The zero-order chi connectivity index (χ0) is 26.3. The fourth-order valence-corrected chi connectivity index (χ4v) is 5.45. The molecule has 1 heterocycles. The summed E-state index contributed by atoms with van der Waals surface area (Å²) in [6.45, 7) is 4.01. The first kappa shape index (κ1) is 24.7. The zero-order valence-electron chi connectivity index (χ0n) is 21.6. The Morgan fingerprint density at radius 2 is 1.14 bits per heavy atom. The molecule has 0 saturated carbocycles. The second-order valence-electron chi connectivity index (χ2n) is 9.54. The molecular formula is C31H29N3O2S. The van der Waals surface area contributed by atoms with E-state index in [1.165, 1.54) is 0 Å². The summed E-state index contributed by atoms with van der Waals surface area (Å²) in [7, 11) is 5.79. The first-order valence-electron chi connectivity index (χ1n) is 12.1. The maximum absolute atomic E-state index is 13.8. The summed E-state index contributed by atoms with van der Waals surface area (Å²) in [5.41, 5.74) is 6.96. The zero-order valence-corrected chi connectivity index (χ0v) is 22.5. The SMILES string of the molecule is Cc1ccc(C(=O)N(C)c2ccc3c(c2)Sc2cc(N(C)C)ccc2N3C(=O)c2ccc(C)cc2)cc1. The van der Waals surface area contributed by atoms with Crippen LogP contribution in [0.1, 0.15) is 31.8 Å². The quantitative estimate of drug-likeness (QED) is 0.296. The molecule has 4 aromatic carbocycles. The number of anilines is 4. The molecule has 0 unspecified atom stereocenters. The highest BCUT2D eigenvalue weighted by Crippen LogP contribution is 2.50. The van der Waals surface area contributed by atoms with Crippen LogP contribution in [0.4, 0.5) is 22.7 Å². The van der Waals surface area contributed by atoms with E-state index < -0.39 is 0 Å². The first-order valence-corrected chi connectivity index (χ1v) is 12.9. The van der Waals surface area contributed by atoms with Crippen LogP contribution in [0.25, 0.3) is 0 Å². The van der Waals surface area contributed by atoms with Gasteiger partial charge in [-0.05, 0) is 74.5 Å². The topological polar surface area (TPSA) is 43.9 Å². The predicted molar refractivity (Wildman–Crippen MR) is 153 cm³/mol. The Labute approximate surface area is 222 Å². The van der Waals surface area contributed by atoms with Crippen molar-refractivity contribution in [2.24, 2.45) is 0 Å². The van der Waals surface area contributed by atoms with Crippen molar-refractivity contribution < 1.29 is 9.59 Å². The van der Waals surface area contributed by atoms with Crippen molar-refractivity contribution in [3.8, 4) is 0 Å². The predicted octanol–water partition coefficient (Wildman–Crippen LogP) is 7.09. The van der Waals surface area contributed by atoms with Crippen LogP contribution in [0.2, 0.25) is 0 Å². The Balaban J connectivity index is 1.57. The van der Waals surface area contributed by atoms with E-state index in [1.807, 2.05) is 112 Å². The Hall–Kier alpha value is -4.03. The van der Waals surface area contributed by atoms with Crippen LogP contribution in [0.5, 0.6) is 0 Å². The van der Waals surface area contributed by atoms with E-state index >= 15 is 0 Å². The fourth-order valence-electron chi connectivity index (χ4n) is 4.32. The van der Waals surface area contributed by atoms with Crippen LogP contribution in [-0.2, 0) is 0 Å². The molecule has 0 saturated heterocycles. The van der Waals surface area contributed by atoms with E-state index in [0.29, 0.717) is 11.1 Å². The van der Waals surface area contributed by atoms with Gasteiger partial charge in [0.15, 0.2) is 0 Å². The number of fused-ring (bicyclic) bond motifs is 2. The Morgan fingerprint density at radius 1 is 0.649 bits per heavy atom. The number of hydrogen-bond donors (Lipinski definition) is 0. The molecule has 0 atom stereocenters. The third-order valence-corrected chi connectivity index (χ3v) is 7.69. The van der Waals surface area contributed by atoms with Gasteiger partial charge in [0.1, 0.15) is 0 Å². The van der Waals surface area contributed by atoms with Gasteiger partial charge in [-0.1, -0.05) is 47.2 Å². The van der Waals surface area contributed by atoms with E-state index in [2.05, 4.69) is 6.07 Å². The number of amides is 2. The second-order valence-corrected chi connectivity index (χ2v) is 10.6. The van der Waals surface area contributed by atoms with Crippen molar-refractivity contribution in [1.29, 1.82) is 0 Å². The Bertz CT molecular complexity index is 1490. The minimum atomic E-state index is -0.0859. The monoisotopic (exact) mass is 507 g/mol. The van der Waals surface area contributed by atoms with E-state index in [0.717, 1.165) is 43.7 Å². The molecule has 0 N–H and O–H groups in total. The number of benzene rings is 4. The number of hydrogen-bond acceptors (Lipinski definition) is 4. The summed E-state index contributed by atoms with van der Waals surface area (Å²) in [5.74, 6) is -0.166. The summed E-state index contributed by atoms with van der Waals surface area (Å²) in [5, 5.41) is 0. The maximum atomic E-state index is 13.8. The minimum Gasteiger partial charge on any atom is -0.378 e. The van der Waals surface area contributed by atoms with Gasteiger partial charge < -0.3 is 9.80 Å². The summed E-state index contributed by atoms with van der Waals surface area (Å²) in [6, 6.07) is 27.2. The van der Waals surface area contributed by atoms with Crippen LogP contribution in [0.15, 0.2) is 94.7 Å². The lowest BCUT2D eigenvalue weighted by Crippen LogP contribution is -2.29. The smallest absolute Gasteiger partial charge is 0.262 e. The highest BCUT2D eigenvalue weighted by molar-refractivity contribution is 7.99. The molecule has 1 aliphatic heterocycles. The van der Waals surface area contributed by atoms with Crippen molar-refractivity contribution >= 4 is 46.3 Å². The average molecular weight is 508 g/mol. The third-order valence-electron chi connectivity index (χ3n) is 6.60. The normalized spacial score (nSPS) is 12.0. The van der Waals surface area contributed by atoms with Crippen LogP contribution in [0.3, 0.4) is 0 Å². The fraction of sp³-hybridized carbons (Fsp3) is 0.161. The van der Waals surface area contributed by atoms with Gasteiger partial charge in [0.2, 0.25) is 0 Å². The summed E-state index contributed by atoms with van der Waals surface area (Å²) in [6.07, 6.45) is 0. The van der Waals surface area contributed by atoms with Gasteiger partial charge in [0.25, 0.3) is 11.8 Å². The highest BCUT2D eigenvalue weighted by atomic mass is 32.2. The van der Waals surface area contributed by atoms with Gasteiger partial charge in [-0.25, -0.2) is 0 Å². The third kappa shape index (κ3) is 4.72. The Morgan fingerprint density at radius 3 is 1.68 bits per heavy atom. The van der Waals surface area contributed by atoms with Crippen molar-refractivity contribution in [3.05, 3.63) is 107 Å².